The second-order valence-electron chi connectivity index (χ2n) is 5.61. The number of carbonyl (C=O) groups is 2. The summed E-state index contributed by atoms with van der Waals surface area (Å²) in [5.41, 5.74) is 2.09. The number of thioether (sulfide) groups is 1. The number of nitrogens with one attached hydrogen (secondary N) is 1. The fourth-order valence-corrected chi connectivity index (χ4v) is 3.47. The molecule has 0 saturated carbocycles. The van der Waals surface area contributed by atoms with Crippen molar-refractivity contribution < 1.29 is 14.3 Å². The number of methoxy groups -OCH3 is 1. The normalized spacial score (nSPS) is 14.4. The lowest BCUT2D eigenvalue weighted by Gasteiger charge is -2.26. The van der Waals surface area contributed by atoms with Crippen LogP contribution >= 0.6 is 11.8 Å². The van der Waals surface area contributed by atoms with Gasteiger partial charge in [0.2, 0.25) is 5.91 Å². The van der Waals surface area contributed by atoms with E-state index in [1.54, 1.807) is 17.1 Å². The lowest BCUT2D eigenvalue weighted by atomic mass is 10.2. The van der Waals surface area contributed by atoms with E-state index in [4.69, 9.17) is 4.74 Å². The Morgan fingerprint density at radius 3 is 2.64 bits per heavy atom. The summed E-state index contributed by atoms with van der Waals surface area (Å²) >= 11 is 1.88. The summed E-state index contributed by atoms with van der Waals surface area (Å²) in [5.74, 6) is 1.83. The molecule has 2 amide bonds. The third kappa shape index (κ3) is 4.40. The molecule has 1 saturated heterocycles. The molecular weight excluding hydrogens is 340 g/mol. The van der Waals surface area contributed by atoms with E-state index in [0.29, 0.717) is 11.3 Å². The number of carbonyl (C=O) groups excluding carboxylic acids is 2. The van der Waals surface area contributed by atoms with Crippen LogP contribution in [0, 0.1) is 0 Å². The third-order valence-corrected chi connectivity index (χ3v) is 4.76. The highest BCUT2D eigenvalue weighted by atomic mass is 32.2. The first-order valence-corrected chi connectivity index (χ1v) is 9.14. The summed E-state index contributed by atoms with van der Waals surface area (Å²) in [7, 11) is 1.47. The number of hydrogen-bond donors (Lipinski definition) is 1. The molecule has 1 N–H and O–H groups in total. The minimum absolute atomic E-state index is 0.00298. The number of rotatable bonds is 5. The van der Waals surface area contributed by atoms with E-state index >= 15 is 0 Å². The number of ether oxygens (including phenoxy) is 1. The molecule has 7 nitrogen and oxygen atoms in total. The summed E-state index contributed by atoms with van der Waals surface area (Å²) < 4.78 is 6.42. The first kappa shape index (κ1) is 17.5. The average molecular weight is 360 g/mol. The van der Waals surface area contributed by atoms with Gasteiger partial charge < -0.3 is 15.0 Å². The molecular formula is C17H20N4O3S. The molecule has 2 aromatic rings. The van der Waals surface area contributed by atoms with E-state index in [1.165, 1.54) is 7.11 Å². The van der Waals surface area contributed by atoms with Crippen molar-refractivity contribution in [3.63, 3.8) is 0 Å². The van der Waals surface area contributed by atoms with Gasteiger partial charge in [-0.25, -0.2) is 4.68 Å². The lowest BCUT2D eigenvalue weighted by molar-refractivity contribution is -0.119. The SMILES string of the molecule is COCC(=O)Nc1cnn(-c2ccc(C(=O)N3CCSCC3)cc2)c1. The van der Waals surface area contributed by atoms with E-state index in [9.17, 15) is 9.59 Å². The molecule has 1 aromatic heterocycles. The fourth-order valence-electron chi connectivity index (χ4n) is 2.56. The zero-order valence-corrected chi connectivity index (χ0v) is 14.8. The molecule has 1 aliphatic rings. The summed E-state index contributed by atoms with van der Waals surface area (Å²) in [5, 5.41) is 6.92. The monoisotopic (exact) mass is 360 g/mol. The van der Waals surface area contributed by atoms with Gasteiger partial charge in [0.1, 0.15) is 6.61 Å². The quantitative estimate of drug-likeness (QED) is 0.877. The number of amides is 2. The van der Waals surface area contributed by atoms with Gasteiger partial charge in [-0.3, -0.25) is 9.59 Å². The van der Waals surface area contributed by atoms with Gasteiger partial charge in [-0.2, -0.15) is 16.9 Å². The predicted molar refractivity (Wildman–Crippen MR) is 97.3 cm³/mol. The van der Waals surface area contributed by atoms with E-state index in [-0.39, 0.29) is 18.4 Å². The Kier molecular flexibility index (Phi) is 5.72. The van der Waals surface area contributed by atoms with Gasteiger partial charge in [-0.15, -0.1) is 0 Å². The molecule has 3 rings (SSSR count). The minimum atomic E-state index is -0.234. The van der Waals surface area contributed by atoms with Crippen molar-refractivity contribution in [3.8, 4) is 5.69 Å². The molecule has 0 aliphatic carbocycles. The Hall–Kier alpha value is -2.32. The van der Waals surface area contributed by atoms with Crippen molar-refractivity contribution in [2.75, 3.05) is 43.6 Å². The summed E-state index contributed by atoms with van der Waals surface area (Å²) in [6, 6.07) is 7.31. The standard InChI is InChI=1S/C17H20N4O3S/c1-24-12-16(22)19-14-10-18-21(11-14)15-4-2-13(3-5-15)17(23)20-6-8-25-9-7-20/h2-5,10-11H,6-9,12H2,1H3,(H,19,22). The van der Waals surface area contributed by atoms with Gasteiger partial charge in [0.15, 0.2) is 0 Å². The first-order chi connectivity index (χ1) is 12.2. The Morgan fingerprint density at radius 2 is 1.96 bits per heavy atom. The van der Waals surface area contributed by atoms with E-state index in [0.717, 1.165) is 30.3 Å². The van der Waals surface area contributed by atoms with Gasteiger partial charge in [-0.05, 0) is 24.3 Å². The molecule has 25 heavy (non-hydrogen) atoms. The van der Waals surface area contributed by atoms with Crippen molar-refractivity contribution in [3.05, 3.63) is 42.2 Å². The second kappa shape index (κ2) is 8.17. The number of hydrogen-bond acceptors (Lipinski definition) is 5. The topological polar surface area (TPSA) is 76.5 Å². The molecule has 0 radical (unpaired) electrons. The van der Waals surface area contributed by atoms with Crippen LogP contribution in [0.5, 0.6) is 0 Å². The molecule has 2 heterocycles. The van der Waals surface area contributed by atoms with Crippen LogP contribution in [0.15, 0.2) is 36.7 Å². The van der Waals surface area contributed by atoms with E-state index in [1.807, 2.05) is 40.9 Å². The predicted octanol–water partition coefficient (Wildman–Crippen LogP) is 1.65. The van der Waals surface area contributed by atoms with Gasteiger partial charge in [0.25, 0.3) is 5.91 Å². The van der Waals surface area contributed by atoms with Crippen LogP contribution in [-0.4, -0.2) is 64.8 Å². The lowest BCUT2D eigenvalue weighted by Crippen LogP contribution is -2.37. The molecule has 8 heteroatoms. The van der Waals surface area contributed by atoms with Gasteiger partial charge in [-0.1, -0.05) is 0 Å². The maximum atomic E-state index is 12.5. The molecule has 1 aliphatic heterocycles. The van der Waals surface area contributed by atoms with Gasteiger partial charge in [0, 0.05) is 37.3 Å². The highest BCUT2D eigenvalue weighted by molar-refractivity contribution is 7.99. The molecule has 0 atom stereocenters. The van der Waals surface area contributed by atoms with Crippen molar-refractivity contribution >= 4 is 29.3 Å². The Labute approximate surface area is 150 Å². The van der Waals surface area contributed by atoms with Crippen molar-refractivity contribution in [1.29, 1.82) is 0 Å². The zero-order valence-electron chi connectivity index (χ0n) is 14.0. The maximum Gasteiger partial charge on any atom is 0.253 e. The van der Waals surface area contributed by atoms with Crippen LogP contribution in [-0.2, 0) is 9.53 Å². The number of benzene rings is 1. The second-order valence-corrected chi connectivity index (χ2v) is 6.83. The van der Waals surface area contributed by atoms with Gasteiger partial charge >= 0.3 is 0 Å². The van der Waals surface area contributed by atoms with Crippen molar-refractivity contribution in [1.82, 2.24) is 14.7 Å². The van der Waals surface area contributed by atoms with Crippen LogP contribution in [0.4, 0.5) is 5.69 Å². The molecule has 0 spiro atoms. The summed E-state index contributed by atoms with van der Waals surface area (Å²) in [6.45, 7) is 1.60. The number of aromatic nitrogens is 2. The van der Waals surface area contributed by atoms with E-state index < -0.39 is 0 Å². The molecule has 1 fully saturated rings. The van der Waals surface area contributed by atoms with Gasteiger partial charge in [0.05, 0.1) is 23.8 Å². The zero-order chi connectivity index (χ0) is 17.6. The number of nitrogens with zero attached hydrogens (tertiary/aromatic N) is 3. The Balaban J connectivity index is 1.67. The summed E-state index contributed by atoms with van der Waals surface area (Å²) in [4.78, 5) is 25.9. The van der Waals surface area contributed by atoms with Crippen LogP contribution < -0.4 is 5.32 Å². The van der Waals surface area contributed by atoms with Crippen LogP contribution in [0.1, 0.15) is 10.4 Å². The Bertz CT molecular complexity index is 739. The highest BCUT2D eigenvalue weighted by Gasteiger charge is 2.18. The largest absolute Gasteiger partial charge is 0.375 e. The minimum Gasteiger partial charge on any atom is -0.375 e. The first-order valence-electron chi connectivity index (χ1n) is 7.98. The highest BCUT2D eigenvalue weighted by Crippen LogP contribution is 2.16. The molecule has 1 aromatic carbocycles. The smallest absolute Gasteiger partial charge is 0.253 e. The van der Waals surface area contributed by atoms with E-state index in [2.05, 4.69) is 10.4 Å². The molecule has 132 valence electrons. The van der Waals surface area contributed by atoms with Crippen molar-refractivity contribution in [2.24, 2.45) is 0 Å². The van der Waals surface area contributed by atoms with Crippen molar-refractivity contribution in [2.45, 2.75) is 0 Å². The number of anilines is 1. The van der Waals surface area contributed by atoms with Crippen LogP contribution in [0.25, 0.3) is 5.69 Å². The average Bonchev–Trinajstić information content (AvgIpc) is 3.10. The third-order valence-electron chi connectivity index (χ3n) is 3.82. The maximum absolute atomic E-state index is 12.5. The van der Waals surface area contributed by atoms with Crippen LogP contribution in [0.3, 0.4) is 0 Å². The molecule has 0 unspecified atom stereocenters. The Morgan fingerprint density at radius 1 is 1.24 bits per heavy atom. The fraction of sp³-hybridized carbons (Fsp3) is 0.353. The molecule has 0 bridgehead atoms. The summed E-state index contributed by atoms with van der Waals surface area (Å²) in [6.07, 6.45) is 3.28. The van der Waals surface area contributed by atoms with Crippen LogP contribution in [0.2, 0.25) is 0 Å².